The van der Waals surface area contributed by atoms with Crippen LogP contribution in [0, 0.1) is 16.7 Å². The highest BCUT2D eigenvalue weighted by atomic mass is 79.9. The van der Waals surface area contributed by atoms with Gasteiger partial charge < -0.3 is 5.11 Å². The van der Waals surface area contributed by atoms with Gasteiger partial charge in [0.15, 0.2) is 0 Å². The summed E-state index contributed by atoms with van der Waals surface area (Å²) < 4.78 is 1.43. The van der Waals surface area contributed by atoms with Crippen LogP contribution in [-0.4, -0.2) is 5.11 Å². The maximum Gasteiger partial charge on any atom is 0.107 e. The van der Waals surface area contributed by atoms with E-state index >= 15 is 0 Å². The van der Waals surface area contributed by atoms with Crippen molar-refractivity contribution in [3.05, 3.63) is 19.8 Å². The first kappa shape index (κ1) is 15.3. The van der Waals surface area contributed by atoms with Gasteiger partial charge in [0.05, 0.1) is 11.5 Å². The van der Waals surface area contributed by atoms with Crippen LogP contribution in [0.4, 0.5) is 0 Å². The molecule has 1 aliphatic carbocycles. The SMILES string of the molecule is N#CC1(C(O)c2cc(Br)c(Cl)s2)CCCCCCC1. The molecule has 1 fully saturated rings. The minimum atomic E-state index is -0.732. The second kappa shape index (κ2) is 6.58. The van der Waals surface area contributed by atoms with Crippen LogP contribution in [0.5, 0.6) is 0 Å². The summed E-state index contributed by atoms with van der Waals surface area (Å²) in [5, 5.41) is 20.3. The number of hydrogen-bond acceptors (Lipinski definition) is 3. The van der Waals surface area contributed by atoms with Crippen molar-refractivity contribution in [1.29, 1.82) is 5.26 Å². The Morgan fingerprint density at radius 1 is 1.32 bits per heavy atom. The third-order valence-electron chi connectivity index (χ3n) is 3.93. The third-order valence-corrected chi connectivity index (χ3v) is 6.45. The lowest BCUT2D eigenvalue weighted by Crippen LogP contribution is -2.28. The number of nitrogens with zero attached hydrogens (tertiary/aromatic N) is 1. The lowest BCUT2D eigenvalue weighted by Gasteiger charge is -2.32. The molecule has 2 rings (SSSR count). The fourth-order valence-corrected chi connectivity index (χ4v) is 4.59. The quantitative estimate of drug-likeness (QED) is 0.760. The molecular formula is C14H17BrClNOS. The molecule has 2 nitrogen and oxygen atoms in total. The van der Waals surface area contributed by atoms with E-state index in [1.54, 1.807) is 0 Å². The summed E-state index contributed by atoms with van der Waals surface area (Å²) >= 11 is 10.8. The van der Waals surface area contributed by atoms with Gasteiger partial charge in [-0.2, -0.15) is 5.26 Å². The number of aliphatic hydroxyl groups excluding tert-OH is 1. The van der Waals surface area contributed by atoms with Gasteiger partial charge in [-0.25, -0.2) is 0 Å². The van der Waals surface area contributed by atoms with Gasteiger partial charge in [0.1, 0.15) is 10.4 Å². The lowest BCUT2D eigenvalue weighted by molar-refractivity contribution is 0.0462. The maximum absolute atomic E-state index is 10.7. The first-order chi connectivity index (χ1) is 9.09. The average Bonchev–Trinajstić information content (AvgIpc) is 2.70. The lowest BCUT2D eigenvalue weighted by atomic mass is 9.73. The van der Waals surface area contributed by atoms with Gasteiger partial charge in [-0.15, -0.1) is 11.3 Å². The summed E-state index contributed by atoms with van der Waals surface area (Å²) in [5.74, 6) is 0. The zero-order chi connectivity index (χ0) is 13.9. The van der Waals surface area contributed by atoms with E-state index in [2.05, 4.69) is 22.0 Å². The van der Waals surface area contributed by atoms with Gasteiger partial charge in [-0.3, -0.25) is 0 Å². The van der Waals surface area contributed by atoms with Crippen molar-refractivity contribution < 1.29 is 5.11 Å². The molecule has 19 heavy (non-hydrogen) atoms. The van der Waals surface area contributed by atoms with Gasteiger partial charge >= 0.3 is 0 Å². The van der Waals surface area contributed by atoms with Gasteiger partial charge in [0.25, 0.3) is 0 Å². The summed E-state index contributed by atoms with van der Waals surface area (Å²) in [6, 6.07) is 4.25. The minimum Gasteiger partial charge on any atom is -0.386 e. The van der Waals surface area contributed by atoms with Crippen molar-refractivity contribution >= 4 is 38.9 Å². The Hall–Kier alpha value is -0.0800. The Morgan fingerprint density at radius 3 is 2.37 bits per heavy atom. The Labute approximate surface area is 131 Å². The second-order valence-electron chi connectivity index (χ2n) is 5.21. The zero-order valence-electron chi connectivity index (χ0n) is 10.7. The van der Waals surface area contributed by atoms with E-state index in [4.69, 9.17) is 11.6 Å². The Balaban J connectivity index is 2.26. The van der Waals surface area contributed by atoms with Gasteiger partial charge in [0, 0.05) is 9.35 Å². The highest BCUT2D eigenvalue weighted by Crippen LogP contribution is 2.47. The molecule has 1 heterocycles. The predicted molar refractivity (Wildman–Crippen MR) is 82.4 cm³/mol. The van der Waals surface area contributed by atoms with E-state index in [0.29, 0.717) is 4.34 Å². The van der Waals surface area contributed by atoms with E-state index in [1.807, 2.05) is 6.07 Å². The number of halogens is 2. The number of thiophene rings is 1. The van der Waals surface area contributed by atoms with Gasteiger partial charge in [0.2, 0.25) is 0 Å². The second-order valence-corrected chi connectivity index (χ2v) is 7.75. The van der Waals surface area contributed by atoms with Crippen molar-refractivity contribution in [2.45, 2.75) is 51.0 Å². The predicted octanol–water partition coefficient (Wildman–Crippen LogP) is 5.45. The topological polar surface area (TPSA) is 44.0 Å². The van der Waals surface area contributed by atoms with Crippen LogP contribution in [0.3, 0.4) is 0 Å². The summed E-state index contributed by atoms with van der Waals surface area (Å²) in [4.78, 5) is 0.791. The zero-order valence-corrected chi connectivity index (χ0v) is 13.8. The van der Waals surface area contributed by atoms with Crippen molar-refractivity contribution in [2.75, 3.05) is 0 Å². The normalized spacial score (nSPS) is 21.2. The Bertz CT molecular complexity index is 455. The molecule has 0 spiro atoms. The molecule has 104 valence electrons. The van der Waals surface area contributed by atoms with Crippen molar-refractivity contribution in [2.24, 2.45) is 5.41 Å². The summed E-state index contributed by atoms with van der Waals surface area (Å²) in [6.45, 7) is 0. The van der Waals surface area contributed by atoms with E-state index in [0.717, 1.165) is 47.9 Å². The smallest absolute Gasteiger partial charge is 0.107 e. The highest BCUT2D eigenvalue weighted by molar-refractivity contribution is 9.10. The molecule has 1 unspecified atom stereocenters. The van der Waals surface area contributed by atoms with Crippen molar-refractivity contribution in [3.8, 4) is 6.07 Å². The maximum atomic E-state index is 10.7. The van der Waals surface area contributed by atoms with E-state index in [-0.39, 0.29) is 0 Å². The molecule has 0 amide bonds. The monoisotopic (exact) mass is 361 g/mol. The largest absolute Gasteiger partial charge is 0.386 e. The van der Waals surface area contributed by atoms with Crippen molar-refractivity contribution in [3.63, 3.8) is 0 Å². The van der Waals surface area contributed by atoms with Crippen LogP contribution in [-0.2, 0) is 0 Å². The Kier molecular flexibility index (Phi) is 5.30. The van der Waals surface area contributed by atoms with Crippen LogP contribution in [0.1, 0.15) is 55.9 Å². The standard InChI is InChI=1S/C14H17BrClNOS/c15-10-8-11(19-13(10)16)12(18)14(9-17)6-4-2-1-3-5-7-14/h8,12,18H,1-7H2. The van der Waals surface area contributed by atoms with Crippen LogP contribution < -0.4 is 0 Å². The molecule has 1 atom stereocenters. The van der Waals surface area contributed by atoms with Gasteiger partial charge in [-0.05, 0) is 34.8 Å². The molecule has 1 aromatic heterocycles. The minimum absolute atomic E-state index is 0.632. The number of rotatable bonds is 2. The molecule has 1 aromatic rings. The van der Waals surface area contributed by atoms with Crippen molar-refractivity contribution in [1.82, 2.24) is 0 Å². The summed E-state index contributed by atoms with van der Waals surface area (Å²) in [7, 11) is 0. The van der Waals surface area contributed by atoms with Gasteiger partial charge in [-0.1, -0.05) is 43.7 Å². The molecule has 0 radical (unpaired) electrons. The highest BCUT2D eigenvalue weighted by Gasteiger charge is 2.39. The molecule has 0 saturated heterocycles. The molecule has 1 saturated carbocycles. The first-order valence-corrected chi connectivity index (χ1v) is 8.62. The molecule has 1 aliphatic rings. The van der Waals surface area contributed by atoms with Crippen LogP contribution in [0.15, 0.2) is 10.5 Å². The van der Waals surface area contributed by atoms with Crippen LogP contribution >= 0.6 is 38.9 Å². The number of aliphatic hydroxyl groups is 1. The number of nitriles is 1. The van der Waals surface area contributed by atoms with E-state index in [9.17, 15) is 10.4 Å². The Morgan fingerprint density at radius 2 is 1.89 bits per heavy atom. The fraction of sp³-hybridized carbons (Fsp3) is 0.643. The summed E-state index contributed by atoms with van der Waals surface area (Å²) in [5.41, 5.74) is -0.645. The van der Waals surface area contributed by atoms with E-state index < -0.39 is 11.5 Å². The molecule has 1 N–H and O–H groups in total. The first-order valence-electron chi connectivity index (χ1n) is 6.63. The molecule has 5 heteroatoms. The summed E-state index contributed by atoms with van der Waals surface area (Å²) in [6.07, 6.45) is 6.42. The average molecular weight is 363 g/mol. The van der Waals surface area contributed by atoms with E-state index in [1.165, 1.54) is 17.8 Å². The van der Waals surface area contributed by atoms with Crippen LogP contribution in [0.2, 0.25) is 4.34 Å². The molecule has 0 bridgehead atoms. The number of hydrogen-bond donors (Lipinski definition) is 1. The van der Waals surface area contributed by atoms with Crippen LogP contribution in [0.25, 0.3) is 0 Å². The third kappa shape index (κ3) is 3.33. The molecule has 0 aliphatic heterocycles. The fourth-order valence-electron chi connectivity index (χ4n) is 2.75. The molecule has 0 aromatic carbocycles. The molecular weight excluding hydrogens is 346 g/mol.